The molecule has 4 heterocycles. The van der Waals surface area contributed by atoms with Gasteiger partial charge in [0, 0.05) is 38.3 Å². The molecule has 4 heteroatoms. The summed E-state index contributed by atoms with van der Waals surface area (Å²) < 4.78 is 9.47. The number of para-hydroxylation sites is 3. The number of rotatable bonds is 0. The summed E-state index contributed by atoms with van der Waals surface area (Å²) in [6, 6.07) is 39.2. The number of ether oxygens (including phenoxy) is 1. The number of benzene rings is 6. The lowest BCUT2D eigenvalue weighted by atomic mass is 9.44. The summed E-state index contributed by atoms with van der Waals surface area (Å²) in [5, 5.41) is 2.69. The molecule has 248 valence electrons. The van der Waals surface area contributed by atoms with E-state index in [0.29, 0.717) is 0 Å². The third kappa shape index (κ3) is 3.56. The average molecular weight is 661 g/mol. The Balaban J connectivity index is 1.39. The van der Waals surface area contributed by atoms with Crippen molar-refractivity contribution in [2.75, 3.05) is 4.90 Å². The maximum Gasteiger partial charge on any atom is 0.333 e. The zero-order valence-corrected chi connectivity index (χ0v) is 30.7. The van der Waals surface area contributed by atoms with Crippen LogP contribution in [0.1, 0.15) is 77.6 Å². The van der Waals surface area contributed by atoms with Crippen LogP contribution in [0.4, 0.5) is 17.1 Å². The number of aromatic nitrogens is 1. The van der Waals surface area contributed by atoms with Crippen molar-refractivity contribution in [1.29, 1.82) is 0 Å². The summed E-state index contributed by atoms with van der Waals surface area (Å²) in [5.74, 6) is 1.81. The molecule has 0 spiro atoms. The van der Waals surface area contributed by atoms with Crippen LogP contribution in [-0.4, -0.2) is 11.3 Å². The smallest absolute Gasteiger partial charge is 0.333 e. The second kappa shape index (κ2) is 9.17. The van der Waals surface area contributed by atoms with Gasteiger partial charge in [0.25, 0.3) is 0 Å². The molecule has 0 radical (unpaired) electrons. The predicted molar refractivity (Wildman–Crippen MR) is 215 cm³/mol. The van der Waals surface area contributed by atoms with Crippen LogP contribution >= 0.6 is 0 Å². The Kier molecular flexibility index (Phi) is 5.30. The van der Waals surface area contributed by atoms with Crippen molar-refractivity contribution in [3.63, 3.8) is 0 Å². The lowest BCUT2D eigenvalue weighted by molar-refractivity contribution is 0.477. The monoisotopic (exact) mass is 660 g/mol. The molecule has 0 unspecified atom stereocenters. The van der Waals surface area contributed by atoms with Gasteiger partial charge in [0.1, 0.15) is 0 Å². The van der Waals surface area contributed by atoms with Gasteiger partial charge in [0.2, 0.25) is 0 Å². The van der Waals surface area contributed by atoms with Crippen LogP contribution in [0.25, 0.3) is 44.1 Å². The number of nitrogens with zero attached hydrogens (tertiary/aromatic N) is 2. The van der Waals surface area contributed by atoms with Crippen LogP contribution in [0.5, 0.6) is 11.5 Å². The van der Waals surface area contributed by atoms with Gasteiger partial charge < -0.3 is 14.1 Å². The number of hydrogen-bond donors (Lipinski definition) is 0. The Hall–Kier alpha value is -5.22. The van der Waals surface area contributed by atoms with Gasteiger partial charge in [0.15, 0.2) is 11.5 Å². The van der Waals surface area contributed by atoms with Gasteiger partial charge in [-0.3, -0.25) is 0 Å². The SMILES string of the molecule is CC(C)(C)c1ccc2c(c1)c1cc(C(C)(C)C)cc3c1n2B1c2cccc4c2N(c2ccccc2O4)c2c1c-3cc1c2-c2ccccc2C1(C)C. The summed E-state index contributed by atoms with van der Waals surface area (Å²) in [4.78, 5) is 2.56. The van der Waals surface area contributed by atoms with E-state index in [1.807, 2.05) is 0 Å². The van der Waals surface area contributed by atoms with Crippen molar-refractivity contribution in [3.05, 3.63) is 125 Å². The normalized spacial score (nSPS) is 15.7. The highest BCUT2D eigenvalue weighted by Gasteiger charge is 2.50. The van der Waals surface area contributed by atoms with Crippen LogP contribution in [0.2, 0.25) is 0 Å². The number of fused-ring (bicyclic) bond motifs is 13. The van der Waals surface area contributed by atoms with Gasteiger partial charge >= 0.3 is 6.85 Å². The largest absolute Gasteiger partial charge is 0.453 e. The van der Waals surface area contributed by atoms with E-state index in [0.717, 1.165) is 22.9 Å². The predicted octanol–water partition coefficient (Wildman–Crippen LogP) is 11.2. The van der Waals surface area contributed by atoms with Crippen LogP contribution in [0, 0.1) is 0 Å². The van der Waals surface area contributed by atoms with Crippen molar-refractivity contribution in [3.8, 4) is 33.8 Å². The molecule has 51 heavy (non-hydrogen) atoms. The topological polar surface area (TPSA) is 17.4 Å². The highest BCUT2D eigenvalue weighted by atomic mass is 16.5. The van der Waals surface area contributed by atoms with Crippen LogP contribution in [0.15, 0.2) is 103 Å². The van der Waals surface area contributed by atoms with Crippen molar-refractivity contribution < 1.29 is 4.74 Å². The maximum atomic E-state index is 6.78. The Labute approximate surface area is 300 Å². The lowest BCUT2D eigenvalue weighted by Crippen LogP contribution is -2.57. The van der Waals surface area contributed by atoms with Gasteiger partial charge in [-0.05, 0) is 104 Å². The highest BCUT2D eigenvalue weighted by molar-refractivity contribution is 6.90. The van der Waals surface area contributed by atoms with Crippen molar-refractivity contribution in [1.82, 2.24) is 4.48 Å². The summed E-state index contributed by atoms with van der Waals surface area (Å²) in [6.07, 6.45) is 0. The van der Waals surface area contributed by atoms with E-state index in [-0.39, 0.29) is 23.1 Å². The van der Waals surface area contributed by atoms with E-state index in [4.69, 9.17) is 4.74 Å². The van der Waals surface area contributed by atoms with E-state index < -0.39 is 0 Å². The molecule has 0 amide bonds. The molecular weight excluding hydrogens is 619 g/mol. The van der Waals surface area contributed by atoms with Gasteiger partial charge in [0.05, 0.1) is 17.1 Å². The van der Waals surface area contributed by atoms with Gasteiger partial charge in [-0.15, -0.1) is 0 Å². The summed E-state index contributed by atoms with van der Waals surface area (Å²) in [7, 11) is 0. The summed E-state index contributed by atoms with van der Waals surface area (Å²) >= 11 is 0. The second-order valence-corrected chi connectivity index (χ2v) is 17.8. The fraction of sp³-hybridized carbons (Fsp3) is 0.234. The highest BCUT2D eigenvalue weighted by Crippen LogP contribution is 2.60. The van der Waals surface area contributed by atoms with E-state index in [2.05, 4.69) is 168 Å². The fourth-order valence-corrected chi connectivity index (χ4v) is 9.83. The third-order valence-electron chi connectivity index (χ3n) is 12.4. The van der Waals surface area contributed by atoms with Gasteiger partial charge in [-0.25, -0.2) is 0 Å². The van der Waals surface area contributed by atoms with E-state index in [9.17, 15) is 0 Å². The Morgan fingerprint density at radius 2 is 1.33 bits per heavy atom. The van der Waals surface area contributed by atoms with E-state index in [1.54, 1.807) is 0 Å². The fourth-order valence-electron chi connectivity index (χ4n) is 9.83. The molecule has 1 aromatic heterocycles. The molecule has 3 aliphatic heterocycles. The standard InChI is InChI=1S/C47H41BN2O/c1-45(2,3)26-20-21-36-29(22-26)31-23-27(46(4,5)6)24-32-30-25-34-40(28-14-9-10-15-33(28)47(34,7)8)44-41(30)48(50(36)42(31)32)35-16-13-19-39-43(35)49(44)37-17-11-12-18-38(37)51-39/h9-25H,1-8H3. The van der Waals surface area contributed by atoms with Crippen molar-refractivity contribution >= 4 is 56.6 Å². The molecule has 0 atom stereocenters. The first-order valence-electron chi connectivity index (χ1n) is 18.5. The van der Waals surface area contributed by atoms with E-state index in [1.165, 1.54) is 82.9 Å². The number of anilines is 3. The molecule has 4 aliphatic rings. The maximum absolute atomic E-state index is 6.78. The molecule has 6 aromatic carbocycles. The molecular formula is C47H41BN2O. The summed E-state index contributed by atoms with van der Waals surface area (Å²) in [6.45, 7) is 18.8. The quantitative estimate of drug-likeness (QED) is 0.151. The van der Waals surface area contributed by atoms with Crippen LogP contribution in [-0.2, 0) is 16.2 Å². The zero-order valence-electron chi connectivity index (χ0n) is 30.7. The minimum absolute atomic E-state index is 0.0193. The first-order valence-corrected chi connectivity index (χ1v) is 18.5. The molecule has 7 aromatic rings. The van der Waals surface area contributed by atoms with Gasteiger partial charge in [-0.2, -0.15) is 0 Å². The molecule has 3 nitrogen and oxygen atoms in total. The third-order valence-corrected chi connectivity index (χ3v) is 12.4. The molecule has 11 rings (SSSR count). The Bertz CT molecular complexity index is 2730. The molecule has 0 bridgehead atoms. The van der Waals surface area contributed by atoms with Crippen molar-refractivity contribution in [2.45, 2.75) is 71.6 Å². The Morgan fingerprint density at radius 1 is 0.608 bits per heavy atom. The number of hydrogen-bond acceptors (Lipinski definition) is 2. The zero-order chi connectivity index (χ0) is 34.9. The summed E-state index contributed by atoms with van der Waals surface area (Å²) in [5.41, 5.74) is 19.6. The first-order chi connectivity index (χ1) is 24.3. The minimum Gasteiger partial charge on any atom is -0.453 e. The van der Waals surface area contributed by atoms with Gasteiger partial charge in [-0.1, -0.05) is 110 Å². The van der Waals surface area contributed by atoms with E-state index >= 15 is 0 Å². The molecule has 0 N–H and O–H groups in total. The van der Waals surface area contributed by atoms with Crippen molar-refractivity contribution in [2.24, 2.45) is 0 Å². The minimum atomic E-state index is -0.162. The molecule has 0 saturated heterocycles. The second-order valence-electron chi connectivity index (χ2n) is 17.8. The lowest BCUT2D eigenvalue weighted by Gasteiger charge is -2.44. The first kappa shape index (κ1) is 29.5. The molecule has 0 fully saturated rings. The Morgan fingerprint density at radius 3 is 2.14 bits per heavy atom. The van der Waals surface area contributed by atoms with Crippen LogP contribution in [0.3, 0.4) is 0 Å². The average Bonchev–Trinajstić information content (AvgIpc) is 3.55. The van der Waals surface area contributed by atoms with Crippen LogP contribution < -0.4 is 20.6 Å². The molecule has 0 saturated carbocycles. The molecule has 1 aliphatic carbocycles.